The minimum Gasteiger partial charge on any atom is -0.462 e. The maximum Gasteiger partial charge on any atom is 0.306 e. The van der Waals surface area contributed by atoms with Crippen LogP contribution in [0.3, 0.4) is 0 Å². The van der Waals surface area contributed by atoms with Gasteiger partial charge >= 0.3 is 17.9 Å². The van der Waals surface area contributed by atoms with Crippen LogP contribution in [-0.4, -0.2) is 60.6 Å². The van der Waals surface area contributed by atoms with Crippen molar-refractivity contribution in [3.63, 3.8) is 0 Å². The van der Waals surface area contributed by atoms with Gasteiger partial charge in [-0.3, -0.25) is 14.4 Å². The first-order chi connectivity index (χ1) is 33.4. The third kappa shape index (κ3) is 41.0. The second kappa shape index (κ2) is 50.3. The first-order valence-corrected chi connectivity index (χ1v) is 30.3. The Bertz CT molecular complexity index is 1100. The van der Waals surface area contributed by atoms with Crippen molar-refractivity contribution >= 4 is 17.9 Å². The SMILES string of the molecule is CCCCCCCCCCCCCCCCCC(=O)OC[C@@H](OC(=O)CCCCCCCCCCCCCCCCC)[C@H]1OC[C@H](O)[C@H]1OC(=O)CCCCCCCCCCCCCCCCC. The Kier molecular flexibility index (Phi) is 47.6. The number of aliphatic hydroxyl groups is 1. The number of carbonyl (C=O) groups is 3. The summed E-state index contributed by atoms with van der Waals surface area (Å²) in [6, 6.07) is 0. The summed E-state index contributed by atoms with van der Waals surface area (Å²) in [4.78, 5) is 39.2. The van der Waals surface area contributed by atoms with Crippen molar-refractivity contribution in [2.75, 3.05) is 13.2 Å². The van der Waals surface area contributed by atoms with Gasteiger partial charge in [0.25, 0.3) is 0 Å². The van der Waals surface area contributed by atoms with Gasteiger partial charge in [0.15, 0.2) is 12.2 Å². The molecule has 0 spiro atoms. The Morgan fingerprint density at radius 3 is 0.971 bits per heavy atom. The quantitative estimate of drug-likeness (QED) is 0.0365. The van der Waals surface area contributed by atoms with Crippen LogP contribution < -0.4 is 0 Å². The third-order valence-corrected chi connectivity index (χ3v) is 14.4. The molecular weight excluding hydrogens is 849 g/mol. The van der Waals surface area contributed by atoms with E-state index in [1.807, 2.05) is 0 Å². The van der Waals surface area contributed by atoms with Gasteiger partial charge in [0.1, 0.15) is 18.8 Å². The number of ether oxygens (including phenoxy) is 4. The van der Waals surface area contributed by atoms with Crippen molar-refractivity contribution in [1.82, 2.24) is 0 Å². The molecule has 8 heteroatoms. The summed E-state index contributed by atoms with van der Waals surface area (Å²) in [5.41, 5.74) is 0. The van der Waals surface area contributed by atoms with E-state index in [4.69, 9.17) is 18.9 Å². The topological polar surface area (TPSA) is 108 Å². The number of hydrogen-bond acceptors (Lipinski definition) is 8. The number of rotatable bonds is 53. The van der Waals surface area contributed by atoms with Crippen molar-refractivity contribution in [2.24, 2.45) is 0 Å². The van der Waals surface area contributed by atoms with Gasteiger partial charge in [-0.25, -0.2) is 0 Å². The van der Waals surface area contributed by atoms with E-state index >= 15 is 0 Å². The molecule has 1 rings (SSSR count). The van der Waals surface area contributed by atoms with Crippen LogP contribution in [0.25, 0.3) is 0 Å². The lowest BCUT2D eigenvalue weighted by Crippen LogP contribution is -2.46. The second-order valence-corrected chi connectivity index (χ2v) is 21.1. The zero-order chi connectivity index (χ0) is 49.2. The van der Waals surface area contributed by atoms with E-state index in [1.54, 1.807) is 0 Å². The number of aliphatic hydroxyl groups excluding tert-OH is 1. The van der Waals surface area contributed by atoms with Gasteiger partial charge < -0.3 is 24.1 Å². The fraction of sp³-hybridized carbons (Fsp3) is 0.950. The van der Waals surface area contributed by atoms with E-state index in [1.165, 1.54) is 231 Å². The Morgan fingerprint density at radius 1 is 0.397 bits per heavy atom. The largest absolute Gasteiger partial charge is 0.462 e. The second-order valence-electron chi connectivity index (χ2n) is 21.1. The number of esters is 3. The molecule has 1 aliphatic rings. The molecule has 1 aliphatic heterocycles. The monoisotopic (exact) mass is 963 g/mol. The molecule has 0 aliphatic carbocycles. The fourth-order valence-electron chi connectivity index (χ4n) is 9.89. The summed E-state index contributed by atoms with van der Waals surface area (Å²) in [6.07, 6.45) is 53.4. The lowest BCUT2D eigenvalue weighted by molar-refractivity contribution is -0.177. The average Bonchev–Trinajstić information content (AvgIpc) is 3.69. The molecule has 0 amide bonds. The summed E-state index contributed by atoms with van der Waals surface area (Å²) in [7, 11) is 0. The first kappa shape index (κ1) is 64.3. The minimum absolute atomic E-state index is 0.0399. The molecule has 1 fully saturated rings. The van der Waals surface area contributed by atoms with Gasteiger partial charge in [0, 0.05) is 19.3 Å². The van der Waals surface area contributed by atoms with Gasteiger partial charge in [0.05, 0.1) is 6.61 Å². The first-order valence-electron chi connectivity index (χ1n) is 30.3. The number of unbranched alkanes of at least 4 members (excludes halogenated alkanes) is 42. The highest BCUT2D eigenvalue weighted by Gasteiger charge is 2.46. The summed E-state index contributed by atoms with van der Waals surface area (Å²) in [6.45, 7) is 6.58. The molecule has 0 radical (unpaired) electrons. The molecule has 0 bridgehead atoms. The van der Waals surface area contributed by atoms with Crippen LogP contribution in [0.5, 0.6) is 0 Å². The molecule has 68 heavy (non-hydrogen) atoms. The standard InChI is InChI=1S/C60H114O8/c1-4-7-10-13-16-19-22-25-28-31-34-37-40-43-46-49-56(62)65-53-55(67-57(63)50-47-44-41-38-35-32-29-26-23-20-17-14-11-8-5-2)60-59(54(61)52-66-60)68-58(64)51-48-45-42-39-36-33-30-27-24-21-18-15-12-9-6-3/h54-55,59-61H,4-53H2,1-3H3/t54-,55+,59+,60+/m0/s1. The highest BCUT2D eigenvalue weighted by atomic mass is 16.6. The van der Waals surface area contributed by atoms with Crippen molar-refractivity contribution < 1.29 is 38.4 Å². The van der Waals surface area contributed by atoms with Crippen LogP contribution in [0.1, 0.15) is 329 Å². The normalized spacial score (nSPS) is 16.3. The van der Waals surface area contributed by atoms with Crippen LogP contribution in [0.2, 0.25) is 0 Å². The molecule has 1 N–H and O–H groups in total. The number of carbonyl (C=O) groups excluding carboxylic acids is 3. The van der Waals surface area contributed by atoms with Gasteiger partial charge in [-0.1, -0.05) is 290 Å². The molecule has 0 aromatic rings. The maximum absolute atomic E-state index is 13.2. The zero-order valence-corrected chi connectivity index (χ0v) is 45.5. The van der Waals surface area contributed by atoms with Crippen LogP contribution in [-0.2, 0) is 33.3 Å². The lowest BCUT2D eigenvalue weighted by atomic mass is 10.0. The Labute approximate surface area is 421 Å². The highest BCUT2D eigenvalue weighted by molar-refractivity contribution is 5.71. The van der Waals surface area contributed by atoms with E-state index in [-0.39, 0.29) is 44.0 Å². The van der Waals surface area contributed by atoms with Crippen molar-refractivity contribution in [2.45, 2.75) is 353 Å². The summed E-state index contributed by atoms with van der Waals surface area (Å²) in [5.74, 6) is -1.09. The van der Waals surface area contributed by atoms with Gasteiger partial charge in [0.2, 0.25) is 0 Å². The van der Waals surface area contributed by atoms with Gasteiger partial charge in [-0.05, 0) is 19.3 Å². The molecule has 1 heterocycles. The fourth-order valence-corrected chi connectivity index (χ4v) is 9.89. The lowest BCUT2D eigenvalue weighted by Gasteiger charge is -2.28. The average molecular weight is 964 g/mol. The van der Waals surface area contributed by atoms with Crippen molar-refractivity contribution in [3.05, 3.63) is 0 Å². The molecular formula is C60H114O8. The molecule has 0 aromatic heterocycles. The minimum atomic E-state index is -1.04. The van der Waals surface area contributed by atoms with Crippen LogP contribution in [0, 0.1) is 0 Å². The van der Waals surface area contributed by atoms with E-state index in [0.29, 0.717) is 6.42 Å². The molecule has 0 saturated carbocycles. The smallest absolute Gasteiger partial charge is 0.306 e. The van der Waals surface area contributed by atoms with Crippen LogP contribution in [0.4, 0.5) is 0 Å². The van der Waals surface area contributed by atoms with E-state index in [0.717, 1.165) is 57.8 Å². The third-order valence-electron chi connectivity index (χ3n) is 14.4. The summed E-state index contributed by atoms with van der Waals surface area (Å²) >= 11 is 0. The molecule has 0 unspecified atom stereocenters. The van der Waals surface area contributed by atoms with E-state index < -0.39 is 24.4 Å². The Hall–Kier alpha value is -1.67. The summed E-state index contributed by atoms with van der Waals surface area (Å²) in [5, 5.41) is 10.9. The Balaban J connectivity index is 2.45. The summed E-state index contributed by atoms with van der Waals surface area (Å²) < 4.78 is 23.4. The molecule has 402 valence electrons. The highest BCUT2D eigenvalue weighted by Crippen LogP contribution is 2.26. The maximum atomic E-state index is 13.2. The van der Waals surface area contributed by atoms with Crippen LogP contribution in [0.15, 0.2) is 0 Å². The molecule has 1 saturated heterocycles. The van der Waals surface area contributed by atoms with Crippen LogP contribution >= 0.6 is 0 Å². The van der Waals surface area contributed by atoms with Gasteiger partial charge in [-0.15, -0.1) is 0 Å². The molecule has 4 atom stereocenters. The predicted octanol–water partition coefficient (Wildman–Crippen LogP) is 17.9. The van der Waals surface area contributed by atoms with E-state index in [9.17, 15) is 19.5 Å². The van der Waals surface area contributed by atoms with Gasteiger partial charge in [-0.2, -0.15) is 0 Å². The molecule has 8 nitrogen and oxygen atoms in total. The zero-order valence-electron chi connectivity index (χ0n) is 45.5. The van der Waals surface area contributed by atoms with Crippen molar-refractivity contribution in [1.29, 1.82) is 0 Å². The number of hydrogen-bond donors (Lipinski definition) is 1. The Morgan fingerprint density at radius 2 is 0.662 bits per heavy atom. The molecule has 0 aromatic carbocycles. The van der Waals surface area contributed by atoms with Crippen molar-refractivity contribution in [3.8, 4) is 0 Å². The van der Waals surface area contributed by atoms with E-state index in [2.05, 4.69) is 20.8 Å². The predicted molar refractivity (Wildman–Crippen MR) is 285 cm³/mol.